The van der Waals surface area contributed by atoms with E-state index in [9.17, 15) is 14.4 Å². The molecule has 3 fully saturated rings. The highest BCUT2D eigenvalue weighted by Gasteiger charge is 2.43. The molecule has 3 atom stereocenters. The third-order valence-electron chi connectivity index (χ3n) is 7.43. The van der Waals surface area contributed by atoms with Crippen LogP contribution in [0.2, 0.25) is 0 Å². The molecule has 8 nitrogen and oxygen atoms in total. The van der Waals surface area contributed by atoms with Crippen LogP contribution in [0.4, 0.5) is 16.2 Å². The monoisotopic (exact) mass is 454 g/mol. The third kappa shape index (κ3) is 4.15. The fourth-order valence-corrected chi connectivity index (χ4v) is 5.99. The summed E-state index contributed by atoms with van der Waals surface area (Å²) in [6.07, 6.45) is 3.61. The largest absolute Gasteiger partial charge is 0.444 e. The number of carbonyl (C=O) groups is 3. The van der Waals surface area contributed by atoms with E-state index in [1.54, 1.807) is 0 Å². The SMILES string of the molecule is CC(C)(C)OC(=O)N1CC[C@@H]2CN(c3cccc4c3CCN4[C@H]3CCC(=O)NC3=O)CC[C@@H]21. The summed E-state index contributed by atoms with van der Waals surface area (Å²) in [5, 5.41) is 2.50. The minimum atomic E-state index is -0.477. The van der Waals surface area contributed by atoms with Gasteiger partial charge in [-0.05, 0) is 64.5 Å². The van der Waals surface area contributed by atoms with Crippen molar-refractivity contribution in [3.05, 3.63) is 23.8 Å². The Balaban J connectivity index is 1.30. The van der Waals surface area contributed by atoms with Crippen molar-refractivity contribution in [1.29, 1.82) is 0 Å². The van der Waals surface area contributed by atoms with Gasteiger partial charge >= 0.3 is 6.09 Å². The van der Waals surface area contributed by atoms with Gasteiger partial charge in [0.25, 0.3) is 0 Å². The molecule has 33 heavy (non-hydrogen) atoms. The number of benzene rings is 1. The summed E-state index contributed by atoms with van der Waals surface area (Å²) in [6.45, 7) is 9.12. The molecule has 1 N–H and O–H groups in total. The predicted octanol–water partition coefficient (Wildman–Crippen LogP) is 2.69. The Hall–Kier alpha value is -2.77. The van der Waals surface area contributed by atoms with Gasteiger partial charge in [0, 0.05) is 55.6 Å². The number of piperidine rings is 2. The molecule has 0 aliphatic carbocycles. The van der Waals surface area contributed by atoms with E-state index in [0.29, 0.717) is 18.8 Å². The highest BCUT2D eigenvalue weighted by molar-refractivity contribution is 6.02. The Morgan fingerprint density at radius 3 is 2.58 bits per heavy atom. The fourth-order valence-electron chi connectivity index (χ4n) is 5.99. The molecular weight excluding hydrogens is 420 g/mol. The lowest BCUT2D eigenvalue weighted by atomic mass is 9.92. The number of likely N-dealkylation sites (tertiary alicyclic amines) is 1. The number of nitrogens with one attached hydrogen (secondary N) is 1. The van der Waals surface area contributed by atoms with Crippen molar-refractivity contribution >= 4 is 29.3 Å². The maximum absolute atomic E-state index is 12.7. The van der Waals surface area contributed by atoms with Crippen LogP contribution in [0.25, 0.3) is 0 Å². The zero-order chi connectivity index (χ0) is 23.3. The van der Waals surface area contributed by atoms with Gasteiger partial charge in [0.1, 0.15) is 11.6 Å². The number of anilines is 2. The molecule has 4 heterocycles. The Labute approximate surface area is 195 Å². The van der Waals surface area contributed by atoms with Crippen molar-refractivity contribution in [2.45, 2.75) is 70.6 Å². The number of nitrogens with zero attached hydrogens (tertiary/aromatic N) is 3. The summed E-state index contributed by atoms with van der Waals surface area (Å²) in [5.41, 5.74) is 3.18. The first-order valence-electron chi connectivity index (χ1n) is 12.2. The fraction of sp³-hybridized carbons (Fsp3) is 0.640. The summed E-state index contributed by atoms with van der Waals surface area (Å²) >= 11 is 0. The summed E-state index contributed by atoms with van der Waals surface area (Å²) in [4.78, 5) is 43.3. The predicted molar refractivity (Wildman–Crippen MR) is 125 cm³/mol. The molecule has 1 aromatic carbocycles. The van der Waals surface area contributed by atoms with Crippen molar-refractivity contribution in [3.8, 4) is 0 Å². The second-order valence-corrected chi connectivity index (χ2v) is 10.7. The molecule has 5 rings (SSSR count). The molecule has 3 amide bonds. The van der Waals surface area contributed by atoms with Crippen LogP contribution in [0.5, 0.6) is 0 Å². The third-order valence-corrected chi connectivity index (χ3v) is 7.43. The van der Waals surface area contributed by atoms with Crippen LogP contribution in [0, 0.1) is 5.92 Å². The molecule has 0 unspecified atom stereocenters. The van der Waals surface area contributed by atoms with Gasteiger partial charge in [-0.25, -0.2) is 4.79 Å². The van der Waals surface area contributed by atoms with Gasteiger partial charge < -0.3 is 19.4 Å². The summed E-state index contributed by atoms with van der Waals surface area (Å²) in [6, 6.07) is 6.33. The van der Waals surface area contributed by atoms with Gasteiger partial charge in [-0.2, -0.15) is 0 Å². The van der Waals surface area contributed by atoms with Crippen molar-refractivity contribution in [1.82, 2.24) is 10.2 Å². The minimum absolute atomic E-state index is 0.177. The molecule has 8 heteroatoms. The molecule has 0 saturated carbocycles. The van der Waals surface area contributed by atoms with E-state index in [-0.39, 0.29) is 30.0 Å². The molecule has 0 bridgehead atoms. The van der Waals surface area contributed by atoms with Crippen LogP contribution >= 0.6 is 0 Å². The van der Waals surface area contributed by atoms with E-state index in [4.69, 9.17) is 4.74 Å². The van der Waals surface area contributed by atoms with Crippen LogP contribution < -0.4 is 15.1 Å². The number of hydrogen-bond donors (Lipinski definition) is 1. The Morgan fingerprint density at radius 2 is 1.82 bits per heavy atom. The zero-order valence-electron chi connectivity index (χ0n) is 19.8. The maximum atomic E-state index is 12.7. The van der Waals surface area contributed by atoms with Gasteiger partial charge in [-0.3, -0.25) is 14.9 Å². The number of imide groups is 1. The van der Waals surface area contributed by atoms with E-state index in [2.05, 4.69) is 33.3 Å². The first-order valence-corrected chi connectivity index (χ1v) is 12.2. The minimum Gasteiger partial charge on any atom is -0.444 e. The molecule has 178 valence electrons. The van der Waals surface area contributed by atoms with Crippen molar-refractivity contribution < 1.29 is 19.1 Å². The number of fused-ring (bicyclic) bond motifs is 2. The number of amides is 3. The second-order valence-electron chi connectivity index (χ2n) is 10.7. The standard InChI is InChI=1S/C25H34N4O4/c1-25(2,3)33-24(32)29-13-9-16-15-27(12-11-18(16)29)19-5-4-6-20-17(19)10-14-28(20)21-7-8-22(30)26-23(21)31/h4-6,16,18,21H,7-15H2,1-3H3,(H,26,30,31)/t16-,18+,21+/m1/s1. The van der Waals surface area contributed by atoms with Gasteiger partial charge in [-0.1, -0.05) is 6.07 Å². The lowest BCUT2D eigenvalue weighted by Gasteiger charge is -2.40. The summed E-state index contributed by atoms with van der Waals surface area (Å²) in [7, 11) is 0. The highest BCUT2D eigenvalue weighted by Crippen LogP contribution is 2.41. The number of rotatable bonds is 2. The van der Waals surface area contributed by atoms with Crippen LogP contribution in [0.1, 0.15) is 52.0 Å². The lowest BCUT2D eigenvalue weighted by Crippen LogP contribution is -2.52. The van der Waals surface area contributed by atoms with Gasteiger partial charge in [-0.15, -0.1) is 0 Å². The molecule has 1 aromatic rings. The van der Waals surface area contributed by atoms with Crippen LogP contribution in [0.3, 0.4) is 0 Å². The maximum Gasteiger partial charge on any atom is 0.410 e. The quantitative estimate of drug-likeness (QED) is 0.692. The van der Waals surface area contributed by atoms with E-state index in [0.717, 1.165) is 51.1 Å². The number of ether oxygens (including phenoxy) is 1. The molecule has 0 aromatic heterocycles. The topological polar surface area (TPSA) is 82.2 Å². The smallest absolute Gasteiger partial charge is 0.410 e. The summed E-state index contributed by atoms with van der Waals surface area (Å²) < 4.78 is 5.64. The van der Waals surface area contributed by atoms with Crippen LogP contribution in [-0.4, -0.2) is 66.7 Å². The Bertz CT molecular complexity index is 972. The van der Waals surface area contributed by atoms with Gasteiger partial charge in [0.2, 0.25) is 11.8 Å². The van der Waals surface area contributed by atoms with Crippen molar-refractivity contribution in [2.24, 2.45) is 5.92 Å². The molecule has 4 aliphatic heterocycles. The average molecular weight is 455 g/mol. The van der Waals surface area contributed by atoms with Crippen LogP contribution in [0.15, 0.2) is 18.2 Å². The van der Waals surface area contributed by atoms with E-state index >= 15 is 0 Å². The van der Waals surface area contributed by atoms with E-state index in [1.807, 2.05) is 25.7 Å². The summed E-state index contributed by atoms with van der Waals surface area (Å²) in [5.74, 6) is 0.0811. The average Bonchev–Trinajstić information content (AvgIpc) is 3.36. The van der Waals surface area contributed by atoms with Gasteiger partial charge in [0.05, 0.1) is 0 Å². The second kappa shape index (κ2) is 8.22. The Morgan fingerprint density at radius 1 is 1.03 bits per heavy atom. The molecular formula is C25H34N4O4. The molecule has 0 radical (unpaired) electrons. The molecule has 0 spiro atoms. The van der Waals surface area contributed by atoms with Crippen LogP contribution in [-0.2, 0) is 20.7 Å². The van der Waals surface area contributed by atoms with Crippen molar-refractivity contribution in [2.75, 3.05) is 36.0 Å². The Kier molecular flexibility index (Phi) is 5.49. The lowest BCUT2D eigenvalue weighted by molar-refractivity contribution is -0.134. The number of carbonyl (C=O) groups excluding carboxylic acids is 3. The van der Waals surface area contributed by atoms with Gasteiger partial charge in [0.15, 0.2) is 0 Å². The zero-order valence-corrected chi connectivity index (χ0v) is 19.8. The van der Waals surface area contributed by atoms with E-state index in [1.165, 1.54) is 11.3 Å². The normalized spacial score (nSPS) is 27.4. The number of hydrogen-bond acceptors (Lipinski definition) is 6. The molecule has 4 aliphatic rings. The first-order chi connectivity index (χ1) is 15.7. The van der Waals surface area contributed by atoms with E-state index < -0.39 is 5.60 Å². The van der Waals surface area contributed by atoms with Crippen molar-refractivity contribution in [3.63, 3.8) is 0 Å². The highest BCUT2D eigenvalue weighted by atomic mass is 16.6. The first kappa shape index (κ1) is 22.0. The molecule has 3 saturated heterocycles.